The lowest BCUT2D eigenvalue weighted by Gasteiger charge is -1.90. The summed E-state index contributed by atoms with van der Waals surface area (Å²) in [5.41, 5.74) is 0.659. The second-order valence-electron chi connectivity index (χ2n) is 2.55. The maximum Gasteiger partial charge on any atom is 0.108 e. The van der Waals surface area contributed by atoms with Gasteiger partial charge in [0.2, 0.25) is 0 Å². The van der Waals surface area contributed by atoms with Crippen molar-refractivity contribution in [2.75, 3.05) is 0 Å². The molecular formula is C6H9N3O. The molecule has 0 amide bonds. The van der Waals surface area contributed by atoms with Crippen LogP contribution in [-0.4, -0.2) is 20.1 Å². The predicted octanol–water partition coefficient (Wildman–Crippen LogP) is 0.105. The van der Waals surface area contributed by atoms with Crippen LogP contribution in [0.5, 0.6) is 0 Å². The van der Waals surface area contributed by atoms with Crippen molar-refractivity contribution in [2.45, 2.75) is 25.5 Å². The van der Waals surface area contributed by atoms with Gasteiger partial charge in [0.1, 0.15) is 5.69 Å². The number of aromatic nitrogens is 3. The van der Waals surface area contributed by atoms with Gasteiger partial charge >= 0.3 is 0 Å². The molecule has 0 aliphatic heterocycles. The van der Waals surface area contributed by atoms with Crippen LogP contribution < -0.4 is 0 Å². The van der Waals surface area contributed by atoms with Crippen LogP contribution in [0.25, 0.3) is 0 Å². The van der Waals surface area contributed by atoms with Gasteiger partial charge in [-0.3, -0.25) is 0 Å². The van der Waals surface area contributed by atoms with Crippen LogP contribution in [0, 0.1) is 0 Å². The van der Waals surface area contributed by atoms with Gasteiger partial charge in [-0.25, -0.2) is 0 Å². The van der Waals surface area contributed by atoms with E-state index in [0.717, 1.165) is 0 Å². The van der Waals surface area contributed by atoms with Crippen molar-refractivity contribution in [1.29, 1.82) is 0 Å². The van der Waals surface area contributed by atoms with Crippen LogP contribution >= 0.6 is 0 Å². The van der Waals surface area contributed by atoms with Gasteiger partial charge in [0, 0.05) is 0 Å². The van der Waals surface area contributed by atoms with E-state index in [9.17, 15) is 0 Å². The molecule has 0 radical (unpaired) electrons. The molecular weight excluding hydrogens is 130 g/mol. The highest BCUT2D eigenvalue weighted by Crippen LogP contribution is 2.32. The van der Waals surface area contributed by atoms with Gasteiger partial charge in [-0.2, -0.15) is 15.0 Å². The molecule has 4 nitrogen and oxygen atoms in total. The molecule has 1 heterocycles. The molecule has 1 aromatic rings. The lowest BCUT2D eigenvalue weighted by atomic mass is 10.5. The molecule has 1 saturated carbocycles. The SMILES string of the molecule is OCc1cnn(C2CC2)n1. The number of aliphatic hydroxyl groups is 1. The standard InChI is InChI=1S/C6H9N3O/c10-4-5-3-7-9(8-5)6-1-2-6/h3,6,10H,1-2,4H2. The molecule has 0 aromatic carbocycles. The minimum atomic E-state index is -0.00722. The van der Waals surface area contributed by atoms with Crippen LogP contribution in [0.2, 0.25) is 0 Å². The van der Waals surface area contributed by atoms with Gasteiger partial charge in [0.15, 0.2) is 0 Å². The Bertz CT molecular complexity index is 229. The fourth-order valence-corrected chi connectivity index (χ4v) is 0.863. The summed E-state index contributed by atoms with van der Waals surface area (Å²) in [5, 5.41) is 16.7. The molecule has 1 aliphatic rings. The number of nitrogens with zero attached hydrogens (tertiary/aromatic N) is 3. The van der Waals surface area contributed by atoms with E-state index in [1.165, 1.54) is 12.8 Å². The van der Waals surface area contributed by atoms with Gasteiger partial charge in [-0.05, 0) is 12.8 Å². The largest absolute Gasteiger partial charge is 0.390 e. The first-order valence-corrected chi connectivity index (χ1v) is 3.41. The van der Waals surface area contributed by atoms with Crippen LogP contribution in [-0.2, 0) is 6.61 Å². The zero-order chi connectivity index (χ0) is 6.97. The Hall–Kier alpha value is -0.900. The summed E-state index contributed by atoms with van der Waals surface area (Å²) in [4.78, 5) is 1.69. The number of rotatable bonds is 2. The van der Waals surface area contributed by atoms with Crippen LogP contribution in [0.4, 0.5) is 0 Å². The Morgan fingerprint density at radius 2 is 2.50 bits per heavy atom. The van der Waals surface area contributed by atoms with E-state index in [1.54, 1.807) is 11.0 Å². The second kappa shape index (κ2) is 2.05. The average molecular weight is 139 g/mol. The smallest absolute Gasteiger partial charge is 0.108 e. The van der Waals surface area contributed by atoms with E-state index in [0.29, 0.717) is 11.7 Å². The zero-order valence-corrected chi connectivity index (χ0v) is 5.56. The van der Waals surface area contributed by atoms with E-state index in [2.05, 4.69) is 10.2 Å². The first-order chi connectivity index (χ1) is 4.90. The number of hydrogen-bond acceptors (Lipinski definition) is 3. The average Bonchev–Trinajstić information content (AvgIpc) is 2.70. The summed E-state index contributed by atoms with van der Waals surface area (Å²) in [6, 6.07) is 0.514. The molecule has 2 rings (SSSR count). The quantitative estimate of drug-likeness (QED) is 0.632. The van der Waals surface area contributed by atoms with Gasteiger partial charge in [-0.15, -0.1) is 0 Å². The summed E-state index contributed by atoms with van der Waals surface area (Å²) in [7, 11) is 0. The highest BCUT2D eigenvalue weighted by Gasteiger charge is 2.25. The van der Waals surface area contributed by atoms with Crippen molar-refractivity contribution < 1.29 is 5.11 Å². The maximum atomic E-state index is 8.64. The molecule has 4 heteroatoms. The molecule has 1 aliphatic carbocycles. The molecule has 0 atom stereocenters. The molecule has 0 bridgehead atoms. The molecule has 1 fully saturated rings. The van der Waals surface area contributed by atoms with Crippen LogP contribution in [0.3, 0.4) is 0 Å². The highest BCUT2D eigenvalue weighted by atomic mass is 16.3. The van der Waals surface area contributed by atoms with Crippen molar-refractivity contribution in [3.05, 3.63) is 11.9 Å². The maximum absolute atomic E-state index is 8.64. The normalized spacial score (nSPS) is 17.7. The molecule has 10 heavy (non-hydrogen) atoms. The van der Waals surface area contributed by atoms with Crippen molar-refractivity contribution in [3.63, 3.8) is 0 Å². The molecule has 1 aromatic heterocycles. The Morgan fingerprint density at radius 3 is 3.00 bits per heavy atom. The Morgan fingerprint density at radius 1 is 1.70 bits per heavy atom. The van der Waals surface area contributed by atoms with Crippen molar-refractivity contribution in [1.82, 2.24) is 15.0 Å². The van der Waals surface area contributed by atoms with Crippen LogP contribution in [0.15, 0.2) is 6.20 Å². The van der Waals surface area contributed by atoms with E-state index in [-0.39, 0.29) is 6.61 Å². The highest BCUT2D eigenvalue weighted by molar-refractivity contribution is 4.90. The summed E-state index contributed by atoms with van der Waals surface area (Å²) >= 11 is 0. The van der Waals surface area contributed by atoms with Gasteiger partial charge in [-0.1, -0.05) is 0 Å². The van der Waals surface area contributed by atoms with Gasteiger partial charge < -0.3 is 5.11 Å². The molecule has 0 saturated heterocycles. The van der Waals surface area contributed by atoms with E-state index >= 15 is 0 Å². The third-order valence-corrected chi connectivity index (χ3v) is 1.59. The fraction of sp³-hybridized carbons (Fsp3) is 0.667. The minimum Gasteiger partial charge on any atom is -0.390 e. The third-order valence-electron chi connectivity index (χ3n) is 1.59. The summed E-state index contributed by atoms with van der Waals surface area (Å²) in [5.74, 6) is 0. The molecule has 54 valence electrons. The summed E-state index contributed by atoms with van der Waals surface area (Å²) in [6.45, 7) is -0.00722. The Kier molecular flexibility index (Phi) is 1.20. The van der Waals surface area contributed by atoms with Gasteiger partial charge in [0.05, 0.1) is 18.8 Å². The van der Waals surface area contributed by atoms with E-state index in [1.807, 2.05) is 0 Å². The Balaban J connectivity index is 2.19. The van der Waals surface area contributed by atoms with Crippen molar-refractivity contribution in [2.24, 2.45) is 0 Å². The third kappa shape index (κ3) is 0.903. The number of hydrogen-bond donors (Lipinski definition) is 1. The first kappa shape index (κ1) is 5.85. The van der Waals surface area contributed by atoms with E-state index < -0.39 is 0 Å². The lowest BCUT2D eigenvalue weighted by Crippen LogP contribution is -1.98. The molecule has 0 unspecified atom stereocenters. The van der Waals surface area contributed by atoms with E-state index in [4.69, 9.17) is 5.11 Å². The monoisotopic (exact) mass is 139 g/mol. The summed E-state index contributed by atoms with van der Waals surface area (Å²) < 4.78 is 0. The Labute approximate surface area is 58.5 Å². The van der Waals surface area contributed by atoms with Gasteiger partial charge in [0.25, 0.3) is 0 Å². The zero-order valence-electron chi connectivity index (χ0n) is 5.56. The van der Waals surface area contributed by atoms with Crippen molar-refractivity contribution in [3.8, 4) is 0 Å². The number of aliphatic hydroxyl groups excluding tert-OH is 1. The fourth-order valence-electron chi connectivity index (χ4n) is 0.863. The molecule has 1 N–H and O–H groups in total. The lowest BCUT2D eigenvalue weighted by molar-refractivity contribution is 0.275. The second-order valence-corrected chi connectivity index (χ2v) is 2.55. The topological polar surface area (TPSA) is 50.9 Å². The van der Waals surface area contributed by atoms with Crippen molar-refractivity contribution >= 4 is 0 Å². The van der Waals surface area contributed by atoms with Crippen LogP contribution in [0.1, 0.15) is 24.6 Å². The predicted molar refractivity (Wildman–Crippen MR) is 34.2 cm³/mol. The molecule has 0 spiro atoms. The first-order valence-electron chi connectivity index (χ1n) is 3.41. The summed E-state index contributed by atoms with van der Waals surface area (Å²) in [6.07, 6.45) is 3.97. The minimum absolute atomic E-state index is 0.00722.